The third-order valence-corrected chi connectivity index (χ3v) is 3.71. The molecule has 0 aromatic carbocycles. The van der Waals surface area contributed by atoms with E-state index in [2.05, 4.69) is 0 Å². The number of rotatable bonds is 3. The van der Waals surface area contributed by atoms with Crippen molar-refractivity contribution in [2.24, 2.45) is 5.73 Å². The van der Waals surface area contributed by atoms with Crippen LogP contribution in [0.1, 0.15) is 60.3 Å². The fraction of sp³-hybridized carbons (Fsp3) is 0.933. The Balaban J connectivity index is 2.73. The second-order valence-electron chi connectivity index (χ2n) is 7.42. The van der Waals surface area contributed by atoms with Crippen molar-refractivity contribution in [1.29, 1.82) is 0 Å². The van der Waals surface area contributed by atoms with Crippen molar-refractivity contribution in [2.45, 2.75) is 83.4 Å². The molecule has 6 heteroatoms. The number of ether oxygens (including phenoxy) is 1. The Morgan fingerprint density at radius 2 is 1.71 bits per heavy atom. The van der Waals surface area contributed by atoms with Crippen LogP contribution >= 0.6 is 0 Å². The molecule has 1 rings (SSSR count). The molecule has 0 heterocycles. The standard InChI is InChI=1S/C15H28F2N2O2/c1-11(2)19(12(20)21-13(3,4)5)10-14(18)6-8-15(16,17)9-7-14/h11H,6-10,18H2,1-5H3. The summed E-state index contributed by atoms with van der Waals surface area (Å²) in [6.07, 6.45) is -0.453. The Labute approximate surface area is 126 Å². The van der Waals surface area contributed by atoms with Crippen molar-refractivity contribution >= 4 is 6.09 Å². The summed E-state index contributed by atoms with van der Waals surface area (Å²) >= 11 is 0. The Kier molecular flexibility index (Phi) is 5.24. The average Bonchev–Trinajstić information content (AvgIpc) is 2.28. The zero-order valence-corrected chi connectivity index (χ0v) is 13.7. The smallest absolute Gasteiger partial charge is 0.410 e. The number of amides is 1. The summed E-state index contributed by atoms with van der Waals surface area (Å²) in [4.78, 5) is 13.8. The molecule has 124 valence electrons. The molecular weight excluding hydrogens is 278 g/mol. The molecule has 0 aliphatic heterocycles. The fourth-order valence-electron chi connectivity index (χ4n) is 2.39. The second kappa shape index (κ2) is 6.07. The summed E-state index contributed by atoms with van der Waals surface area (Å²) in [5, 5.41) is 0. The molecule has 2 N–H and O–H groups in total. The highest BCUT2D eigenvalue weighted by molar-refractivity contribution is 5.68. The fourth-order valence-corrected chi connectivity index (χ4v) is 2.39. The molecule has 4 nitrogen and oxygen atoms in total. The van der Waals surface area contributed by atoms with E-state index in [-0.39, 0.29) is 38.3 Å². The maximum absolute atomic E-state index is 13.3. The summed E-state index contributed by atoms with van der Waals surface area (Å²) in [6.45, 7) is 9.36. The van der Waals surface area contributed by atoms with Crippen molar-refractivity contribution in [3.05, 3.63) is 0 Å². The Bertz CT molecular complexity index is 368. The molecule has 1 saturated carbocycles. The zero-order valence-electron chi connectivity index (χ0n) is 13.7. The minimum atomic E-state index is -2.63. The van der Waals surface area contributed by atoms with E-state index in [0.29, 0.717) is 0 Å². The van der Waals surface area contributed by atoms with Crippen molar-refractivity contribution in [1.82, 2.24) is 4.90 Å². The Morgan fingerprint density at radius 3 is 2.10 bits per heavy atom. The largest absolute Gasteiger partial charge is 0.444 e. The molecule has 0 atom stereocenters. The SMILES string of the molecule is CC(C)N(CC1(N)CCC(F)(F)CC1)C(=O)OC(C)(C)C. The second-order valence-corrected chi connectivity index (χ2v) is 7.42. The quantitative estimate of drug-likeness (QED) is 0.867. The van der Waals surface area contributed by atoms with Gasteiger partial charge in [0.2, 0.25) is 5.92 Å². The van der Waals surface area contributed by atoms with Crippen LogP contribution in [0.15, 0.2) is 0 Å². The van der Waals surface area contributed by atoms with E-state index in [0.717, 1.165) is 0 Å². The van der Waals surface area contributed by atoms with Gasteiger partial charge in [-0.1, -0.05) is 0 Å². The molecule has 1 fully saturated rings. The van der Waals surface area contributed by atoms with Gasteiger partial charge in [0.05, 0.1) is 0 Å². The van der Waals surface area contributed by atoms with Gasteiger partial charge in [0.25, 0.3) is 0 Å². The molecule has 0 spiro atoms. The highest BCUT2D eigenvalue weighted by atomic mass is 19.3. The average molecular weight is 306 g/mol. The van der Waals surface area contributed by atoms with E-state index in [4.69, 9.17) is 10.5 Å². The normalized spacial score (nSPS) is 21.2. The predicted molar refractivity (Wildman–Crippen MR) is 78.4 cm³/mol. The van der Waals surface area contributed by atoms with Gasteiger partial charge in [-0.05, 0) is 47.5 Å². The first-order valence-corrected chi connectivity index (χ1v) is 7.50. The predicted octanol–water partition coefficient (Wildman–Crippen LogP) is 3.54. The lowest BCUT2D eigenvalue weighted by Crippen LogP contribution is -2.57. The minimum Gasteiger partial charge on any atom is -0.444 e. The summed E-state index contributed by atoms with van der Waals surface area (Å²) in [6, 6.07) is -0.0947. The summed E-state index contributed by atoms with van der Waals surface area (Å²) < 4.78 is 31.9. The van der Waals surface area contributed by atoms with Gasteiger partial charge in [0.1, 0.15) is 5.60 Å². The Hall–Kier alpha value is -0.910. The first-order chi connectivity index (χ1) is 9.34. The van der Waals surface area contributed by atoms with Gasteiger partial charge in [-0.2, -0.15) is 0 Å². The van der Waals surface area contributed by atoms with E-state index >= 15 is 0 Å². The van der Waals surface area contributed by atoms with Crippen LogP contribution in [0.2, 0.25) is 0 Å². The van der Waals surface area contributed by atoms with Gasteiger partial charge in [-0.15, -0.1) is 0 Å². The summed E-state index contributed by atoms with van der Waals surface area (Å²) in [7, 11) is 0. The van der Waals surface area contributed by atoms with Gasteiger partial charge < -0.3 is 15.4 Å². The topological polar surface area (TPSA) is 55.6 Å². The van der Waals surface area contributed by atoms with Crippen molar-refractivity contribution in [3.63, 3.8) is 0 Å². The molecule has 0 aromatic rings. The number of hydrogen-bond donors (Lipinski definition) is 1. The van der Waals surface area contributed by atoms with Crippen LogP contribution in [-0.2, 0) is 4.74 Å². The molecule has 21 heavy (non-hydrogen) atoms. The molecule has 0 aromatic heterocycles. The Morgan fingerprint density at radius 1 is 1.24 bits per heavy atom. The molecule has 1 amide bonds. The van der Waals surface area contributed by atoms with E-state index in [1.54, 1.807) is 20.8 Å². The molecule has 0 radical (unpaired) electrons. The molecule has 1 aliphatic rings. The monoisotopic (exact) mass is 306 g/mol. The van der Waals surface area contributed by atoms with Gasteiger partial charge in [-0.25, -0.2) is 13.6 Å². The van der Waals surface area contributed by atoms with Crippen LogP contribution in [0.25, 0.3) is 0 Å². The van der Waals surface area contributed by atoms with Gasteiger partial charge in [0, 0.05) is 31.0 Å². The number of hydrogen-bond acceptors (Lipinski definition) is 3. The van der Waals surface area contributed by atoms with Crippen LogP contribution in [0.3, 0.4) is 0 Å². The molecular formula is C15H28F2N2O2. The number of nitrogens with two attached hydrogens (primary N) is 1. The molecule has 0 unspecified atom stereocenters. The number of halogens is 2. The lowest BCUT2D eigenvalue weighted by Gasteiger charge is -2.41. The molecule has 0 saturated heterocycles. The third-order valence-electron chi connectivity index (χ3n) is 3.71. The highest BCUT2D eigenvalue weighted by Gasteiger charge is 2.43. The van der Waals surface area contributed by atoms with E-state index in [1.807, 2.05) is 13.8 Å². The lowest BCUT2D eigenvalue weighted by atomic mass is 9.80. The van der Waals surface area contributed by atoms with E-state index in [1.165, 1.54) is 4.90 Å². The number of carbonyl (C=O) groups is 1. The maximum Gasteiger partial charge on any atom is 0.410 e. The van der Waals surface area contributed by atoms with Crippen LogP contribution in [0.4, 0.5) is 13.6 Å². The third kappa shape index (κ3) is 5.77. The van der Waals surface area contributed by atoms with Crippen LogP contribution in [-0.4, -0.2) is 40.6 Å². The first kappa shape index (κ1) is 18.1. The van der Waals surface area contributed by atoms with Crippen LogP contribution in [0, 0.1) is 0 Å². The van der Waals surface area contributed by atoms with Crippen molar-refractivity contribution in [2.75, 3.05) is 6.54 Å². The number of carbonyl (C=O) groups excluding carboxylic acids is 1. The summed E-state index contributed by atoms with van der Waals surface area (Å²) in [5.74, 6) is -2.63. The van der Waals surface area contributed by atoms with Crippen molar-refractivity contribution < 1.29 is 18.3 Å². The zero-order chi connectivity index (χ0) is 16.5. The number of alkyl halides is 2. The minimum absolute atomic E-state index is 0.0947. The first-order valence-electron chi connectivity index (χ1n) is 7.50. The van der Waals surface area contributed by atoms with Crippen molar-refractivity contribution in [3.8, 4) is 0 Å². The van der Waals surface area contributed by atoms with Gasteiger partial charge in [-0.3, -0.25) is 0 Å². The number of nitrogens with zero attached hydrogens (tertiary/aromatic N) is 1. The summed E-state index contributed by atoms with van der Waals surface area (Å²) in [5.41, 5.74) is 4.88. The van der Waals surface area contributed by atoms with Gasteiger partial charge in [0.15, 0.2) is 0 Å². The maximum atomic E-state index is 13.3. The van der Waals surface area contributed by atoms with E-state index in [9.17, 15) is 13.6 Å². The van der Waals surface area contributed by atoms with Gasteiger partial charge >= 0.3 is 6.09 Å². The van der Waals surface area contributed by atoms with Crippen LogP contribution < -0.4 is 5.73 Å². The van der Waals surface area contributed by atoms with Crippen LogP contribution in [0.5, 0.6) is 0 Å². The van der Waals surface area contributed by atoms with E-state index < -0.39 is 23.2 Å². The highest BCUT2D eigenvalue weighted by Crippen LogP contribution is 2.37. The molecule has 1 aliphatic carbocycles. The lowest BCUT2D eigenvalue weighted by molar-refractivity contribution is -0.0562. The molecule has 0 bridgehead atoms.